The van der Waals surface area contributed by atoms with Crippen LogP contribution in [0.1, 0.15) is 29.5 Å². The second kappa shape index (κ2) is 7.04. The number of hydrogen-bond donors (Lipinski definition) is 0. The largest absolute Gasteiger partial charge is 0.490 e. The van der Waals surface area contributed by atoms with Crippen molar-refractivity contribution >= 4 is 22.7 Å². The Morgan fingerprint density at radius 3 is 2.60 bits per heavy atom. The van der Waals surface area contributed by atoms with E-state index in [9.17, 15) is 9.59 Å². The van der Waals surface area contributed by atoms with E-state index in [2.05, 4.69) is 30.3 Å². The highest BCUT2D eigenvalue weighted by molar-refractivity contribution is 8.15. The number of Topliss-reactive ketones (excluding diaryl/α,β-unsaturated/α-hetero) is 1. The van der Waals surface area contributed by atoms with Gasteiger partial charge >= 0.3 is 0 Å². The third-order valence-corrected chi connectivity index (χ3v) is 5.95. The molecule has 1 fully saturated rings. The van der Waals surface area contributed by atoms with Gasteiger partial charge in [-0.1, -0.05) is 54.2 Å². The smallest absolute Gasteiger partial charge is 0.197 e. The molecule has 3 nitrogen and oxygen atoms in total. The van der Waals surface area contributed by atoms with Crippen molar-refractivity contribution in [2.45, 2.75) is 43.5 Å². The summed E-state index contributed by atoms with van der Waals surface area (Å²) in [7, 11) is 0. The van der Waals surface area contributed by atoms with Gasteiger partial charge in [0, 0.05) is 6.42 Å². The fraction of sp³-hybridized carbons (Fsp3) is 0.333. The van der Waals surface area contributed by atoms with Gasteiger partial charge in [0.15, 0.2) is 10.9 Å². The quantitative estimate of drug-likeness (QED) is 0.786. The van der Waals surface area contributed by atoms with Crippen molar-refractivity contribution in [3.8, 4) is 5.75 Å². The molecule has 2 aromatic carbocycles. The molecule has 2 heterocycles. The van der Waals surface area contributed by atoms with Gasteiger partial charge in [0.05, 0.1) is 11.7 Å². The third kappa shape index (κ3) is 3.79. The van der Waals surface area contributed by atoms with Crippen molar-refractivity contribution in [1.82, 2.24) is 0 Å². The average Bonchev–Trinajstić information content (AvgIpc) is 2.93. The minimum Gasteiger partial charge on any atom is -0.490 e. The van der Waals surface area contributed by atoms with Crippen LogP contribution < -0.4 is 4.74 Å². The Morgan fingerprint density at radius 1 is 1.00 bits per heavy atom. The van der Waals surface area contributed by atoms with E-state index in [-0.39, 0.29) is 28.7 Å². The van der Waals surface area contributed by atoms with Gasteiger partial charge in [-0.15, -0.1) is 0 Å². The van der Waals surface area contributed by atoms with Crippen molar-refractivity contribution in [2.24, 2.45) is 0 Å². The fourth-order valence-electron chi connectivity index (χ4n) is 3.54. The van der Waals surface area contributed by atoms with Crippen molar-refractivity contribution < 1.29 is 14.3 Å². The van der Waals surface area contributed by atoms with Gasteiger partial charge in [-0.2, -0.15) is 0 Å². The molecule has 0 saturated carbocycles. The van der Waals surface area contributed by atoms with Gasteiger partial charge in [0.1, 0.15) is 11.9 Å². The molecule has 4 heteroatoms. The molecule has 2 aliphatic heterocycles. The molecule has 25 heavy (non-hydrogen) atoms. The zero-order valence-corrected chi connectivity index (χ0v) is 14.8. The van der Waals surface area contributed by atoms with Crippen LogP contribution >= 0.6 is 11.8 Å². The molecular weight excluding hydrogens is 332 g/mol. The zero-order chi connectivity index (χ0) is 17.2. The first kappa shape index (κ1) is 16.4. The number of hydrogen-bond acceptors (Lipinski definition) is 4. The van der Waals surface area contributed by atoms with Gasteiger partial charge in [-0.3, -0.25) is 9.59 Å². The summed E-state index contributed by atoms with van der Waals surface area (Å²) in [6, 6.07) is 16.6. The van der Waals surface area contributed by atoms with Gasteiger partial charge < -0.3 is 4.74 Å². The molecular formula is C21H20O3S. The number of ketones is 1. The van der Waals surface area contributed by atoms with E-state index >= 15 is 0 Å². The van der Waals surface area contributed by atoms with Gasteiger partial charge in [-0.25, -0.2) is 0 Å². The monoisotopic (exact) mass is 352 g/mol. The van der Waals surface area contributed by atoms with Gasteiger partial charge in [-0.05, 0) is 42.0 Å². The highest BCUT2D eigenvalue weighted by atomic mass is 32.2. The maximum Gasteiger partial charge on any atom is 0.197 e. The van der Waals surface area contributed by atoms with E-state index in [0.29, 0.717) is 6.42 Å². The number of carbonyl (C=O) groups excluding carboxylic acids is 2. The molecule has 4 rings (SSSR count). The summed E-state index contributed by atoms with van der Waals surface area (Å²) in [5.74, 6) is 1.02. The first-order valence-electron chi connectivity index (χ1n) is 8.72. The van der Waals surface area contributed by atoms with Crippen LogP contribution in [0.3, 0.4) is 0 Å². The summed E-state index contributed by atoms with van der Waals surface area (Å²) in [5, 5.41) is -0.207. The van der Waals surface area contributed by atoms with Crippen LogP contribution in [0.15, 0.2) is 48.5 Å². The SMILES string of the molecule is O=C1CC(=O)C(Cc2ccc3c(c2)CCC(Cc2ccccc2)O3)S1. The highest BCUT2D eigenvalue weighted by Gasteiger charge is 2.32. The summed E-state index contributed by atoms with van der Waals surface area (Å²) in [6.45, 7) is 0. The van der Waals surface area contributed by atoms with Crippen molar-refractivity contribution in [3.05, 3.63) is 65.2 Å². The summed E-state index contributed by atoms with van der Waals surface area (Å²) in [4.78, 5) is 23.2. The summed E-state index contributed by atoms with van der Waals surface area (Å²) >= 11 is 1.19. The fourth-order valence-corrected chi connectivity index (χ4v) is 4.57. The first-order valence-corrected chi connectivity index (χ1v) is 9.60. The lowest BCUT2D eigenvalue weighted by molar-refractivity contribution is -0.121. The summed E-state index contributed by atoms with van der Waals surface area (Å²) in [6.07, 6.45) is 3.86. The Kier molecular flexibility index (Phi) is 4.62. The minimum absolute atomic E-state index is 0.0000436. The maximum atomic E-state index is 11.8. The highest BCUT2D eigenvalue weighted by Crippen LogP contribution is 2.32. The normalized spacial score (nSPS) is 22.6. The molecule has 0 aliphatic carbocycles. The van der Waals surface area contributed by atoms with Crippen molar-refractivity contribution in [2.75, 3.05) is 0 Å². The predicted octanol–water partition coefficient (Wildman–Crippen LogP) is 3.77. The van der Waals surface area contributed by atoms with Crippen LogP contribution in [0.25, 0.3) is 0 Å². The zero-order valence-electron chi connectivity index (χ0n) is 13.9. The molecule has 2 atom stereocenters. The van der Waals surface area contributed by atoms with Gasteiger partial charge in [0.25, 0.3) is 0 Å². The lowest BCUT2D eigenvalue weighted by Crippen LogP contribution is -2.25. The predicted molar refractivity (Wildman–Crippen MR) is 99.0 cm³/mol. The van der Waals surface area contributed by atoms with E-state index in [1.165, 1.54) is 22.9 Å². The number of ether oxygens (including phenoxy) is 1. The summed E-state index contributed by atoms with van der Waals surface area (Å²) < 4.78 is 6.17. The van der Waals surface area contributed by atoms with Crippen LogP contribution in [-0.2, 0) is 28.9 Å². The lowest BCUT2D eigenvalue weighted by Gasteiger charge is -2.27. The number of fused-ring (bicyclic) bond motifs is 1. The molecule has 0 spiro atoms. The Labute approximate surface area is 151 Å². The molecule has 1 saturated heterocycles. The second-order valence-corrected chi connectivity index (χ2v) is 8.00. The Bertz CT molecular complexity index is 800. The standard InChI is InChI=1S/C21H20O3S/c22-18-13-21(23)25-20(18)12-15-6-9-19-16(10-15)7-8-17(24-19)11-14-4-2-1-3-5-14/h1-6,9-10,17,20H,7-8,11-13H2. The molecule has 128 valence electrons. The van der Waals surface area contributed by atoms with Crippen LogP contribution in [0, 0.1) is 0 Å². The van der Waals surface area contributed by atoms with Crippen LogP contribution in [-0.4, -0.2) is 22.3 Å². The molecule has 0 aromatic heterocycles. The maximum absolute atomic E-state index is 11.8. The van der Waals surface area contributed by atoms with Crippen molar-refractivity contribution in [3.63, 3.8) is 0 Å². The molecule has 0 amide bonds. The van der Waals surface area contributed by atoms with Gasteiger partial charge in [0.2, 0.25) is 0 Å². The topological polar surface area (TPSA) is 43.4 Å². The molecule has 0 radical (unpaired) electrons. The number of aryl methyl sites for hydroxylation is 1. The van der Waals surface area contributed by atoms with Crippen LogP contribution in [0.4, 0.5) is 0 Å². The van der Waals surface area contributed by atoms with Crippen LogP contribution in [0.2, 0.25) is 0 Å². The number of benzene rings is 2. The number of carbonyl (C=O) groups is 2. The Morgan fingerprint density at radius 2 is 1.84 bits per heavy atom. The van der Waals surface area contributed by atoms with E-state index in [1.54, 1.807) is 0 Å². The molecule has 2 aromatic rings. The minimum atomic E-state index is -0.208. The van der Waals surface area contributed by atoms with E-state index in [4.69, 9.17) is 4.74 Å². The van der Waals surface area contributed by atoms with Crippen molar-refractivity contribution in [1.29, 1.82) is 0 Å². The second-order valence-electron chi connectivity index (χ2n) is 6.74. The lowest BCUT2D eigenvalue weighted by atomic mass is 9.95. The molecule has 0 N–H and O–H groups in total. The Balaban J connectivity index is 1.42. The first-order chi connectivity index (χ1) is 12.2. The number of rotatable bonds is 4. The van der Waals surface area contributed by atoms with E-state index < -0.39 is 0 Å². The molecule has 0 bridgehead atoms. The van der Waals surface area contributed by atoms with Crippen LogP contribution in [0.5, 0.6) is 5.75 Å². The Hall–Kier alpha value is -2.07. The third-order valence-electron chi connectivity index (χ3n) is 4.83. The molecule has 2 unspecified atom stereocenters. The number of thioether (sulfide) groups is 1. The average molecular weight is 352 g/mol. The van der Waals surface area contributed by atoms with E-state index in [1.807, 2.05) is 18.2 Å². The molecule has 2 aliphatic rings. The van der Waals surface area contributed by atoms with E-state index in [0.717, 1.165) is 30.6 Å². The summed E-state index contributed by atoms with van der Waals surface area (Å²) in [5.41, 5.74) is 3.63.